The summed E-state index contributed by atoms with van der Waals surface area (Å²) in [5, 5.41) is 0. The fourth-order valence-corrected chi connectivity index (χ4v) is 0.996. The van der Waals surface area contributed by atoms with Crippen molar-refractivity contribution in [1.29, 1.82) is 0 Å². The van der Waals surface area contributed by atoms with Crippen LogP contribution in [0.1, 0.15) is 24.2 Å². The van der Waals surface area contributed by atoms with E-state index in [-0.39, 0.29) is 5.78 Å². The number of hydrogen-bond donors (Lipinski definition) is 0. The van der Waals surface area contributed by atoms with Crippen LogP contribution in [-0.4, -0.2) is 18.3 Å². The molecule has 2 nitrogen and oxygen atoms in total. The van der Waals surface area contributed by atoms with Crippen molar-refractivity contribution in [2.24, 2.45) is 0 Å². The third kappa shape index (κ3) is 4.06. The van der Waals surface area contributed by atoms with Crippen LogP contribution in [0.25, 0.3) is 0 Å². The molecule has 15 heavy (non-hydrogen) atoms. The molecule has 0 N–H and O–H groups in total. The number of carbonyl (C=O) groups is 1. The summed E-state index contributed by atoms with van der Waals surface area (Å²) in [4.78, 5) is 10.9. The minimum Gasteiger partial charge on any atom is -0.487 e. The number of hydrogen-bond acceptors (Lipinski definition) is 2. The van der Waals surface area contributed by atoms with Crippen molar-refractivity contribution < 1.29 is 18.3 Å². The number of ether oxygens (including phenoxy) is 1. The Kier molecular flexibility index (Phi) is 3.39. The van der Waals surface area contributed by atoms with Crippen molar-refractivity contribution in [3.8, 4) is 5.75 Å². The van der Waals surface area contributed by atoms with E-state index in [1.54, 1.807) is 12.1 Å². The normalized spacial score (nSPS) is 11.2. The molecule has 0 aliphatic rings. The topological polar surface area (TPSA) is 26.3 Å². The van der Waals surface area contributed by atoms with E-state index in [4.69, 9.17) is 4.74 Å². The maximum atomic E-state index is 12.4. The average Bonchev–Trinajstić information content (AvgIpc) is 2.14. The van der Waals surface area contributed by atoms with Gasteiger partial charge >= 0.3 is 0 Å². The maximum absolute atomic E-state index is 12.4. The highest BCUT2D eigenvalue weighted by Crippen LogP contribution is 2.17. The second kappa shape index (κ2) is 4.38. The van der Waals surface area contributed by atoms with Crippen LogP contribution in [0.2, 0.25) is 0 Å². The van der Waals surface area contributed by atoms with Crippen LogP contribution in [0, 0.1) is 0 Å². The Morgan fingerprint density at radius 2 is 1.87 bits per heavy atom. The van der Waals surface area contributed by atoms with Gasteiger partial charge in [0, 0.05) is 12.5 Å². The molecule has 1 aromatic carbocycles. The van der Waals surface area contributed by atoms with Gasteiger partial charge in [0.05, 0.1) is 0 Å². The number of alkyl halides is 2. The predicted octanol–water partition coefficient (Wildman–Crippen LogP) is 2.92. The summed E-state index contributed by atoms with van der Waals surface area (Å²) < 4.78 is 29.7. The molecule has 82 valence electrons. The van der Waals surface area contributed by atoms with Gasteiger partial charge in [-0.15, -0.1) is 0 Å². The van der Waals surface area contributed by atoms with Gasteiger partial charge in [-0.1, -0.05) is 0 Å². The van der Waals surface area contributed by atoms with E-state index in [0.717, 1.165) is 6.92 Å². The fraction of sp³-hybridized carbons (Fsp3) is 0.364. The van der Waals surface area contributed by atoms with Crippen molar-refractivity contribution in [2.45, 2.75) is 19.8 Å². The summed E-state index contributed by atoms with van der Waals surface area (Å²) in [5.74, 6) is -2.58. The summed E-state index contributed by atoms with van der Waals surface area (Å²) in [6.07, 6.45) is 0. The van der Waals surface area contributed by atoms with Crippen LogP contribution in [0.4, 0.5) is 8.78 Å². The molecule has 0 atom stereocenters. The molecular formula is C11H12F2O2. The van der Waals surface area contributed by atoms with Crippen LogP contribution >= 0.6 is 0 Å². The maximum Gasteiger partial charge on any atom is 0.278 e. The molecule has 0 aliphatic carbocycles. The van der Waals surface area contributed by atoms with Gasteiger partial charge in [0.1, 0.15) is 5.75 Å². The van der Waals surface area contributed by atoms with Crippen LogP contribution in [0.3, 0.4) is 0 Å². The predicted molar refractivity (Wildman–Crippen MR) is 52.6 cm³/mol. The van der Waals surface area contributed by atoms with Crippen LogP contribution in [0.5, 0.6) is 5.75 Å². The summed E-state index contributed by atoms with van der Waals surface area (Å²) in [7, 11) is 0. The largest absolute Gasteiger partial charge is 0.487 e. The molecule has 0 bridgehead atoms. The molecule has 0 radical (unpaired) electrons. The number of rotatable bonds is 4. The second-order valence-electron chi connectivity index (χ2n) is 3.44. The van der Waals surface area contributed by atoms with E-state index < -0.39 is 12.5 Å². The SMILES string of the molecule is CC(=O)c1ccc(OCC(C)(F)F)cc1. The molecule has 0 unspecified atom stereocenters. The first kappa shape index (κ1) is 11.6. The molecule has 0 saturated heterocycles. The number of Topliss-reactive ketones (excluding diaryl/α,β-unsaturated/α-hetero) is 1. The fourth-order valence-electron chi connectivity index (χ4n) is 0.996. The number of benzene rings is 1. The van der Waals surface area contributed by atoms with Crippen molar-refractivity contribution in [2.75, 3.05) is 6.61 Å². The molecule has 0 aromatic heterocycles. The van der Waals surface area contributed by atoms with Gasteiger partial charge in [0.25, 0.3) is 5.92 Å². The van der Waals surface area contributed by atoms with Gasteiger partial charge in [-0.2, -0.15) is 0 Å². The third-order valence-corrected chi connectivity index (χ3v) is 1.75. The number of carbonyl (C=O) groups excluding carboxylic acids is 1. The van der Waals surface area contributed by atoms with Crippen molar-refractivity contribution in [3.05, 3.63) is 29.8 Å². The lowest BCUT2D eigenvalue weighted by Gasteiger charge is -2.11. The van der Waals surface area contributed by atoms with Gasteiger partial charge in [-0.3, -0.25) is 4.79 Å². The Morgan fingerprint density at radius 3 is 2.27 bits per heavy atom. The van der Waals surface area contributed by atoms with Crippen molar-refractivity contribution in [1.82, 2.24) is 0 Å². The highest BCUT2D eigenvalue weighted by atomic mass is 19.3. The van der Waals surface area contributed by atoms with Gasteiger partial charge < -0.3 is 4.74 Å². The van der Waals surface area contributed by atoms with E-state index in [1.807, 2.05) is 0 Å². The summed E-state index contributed by atoms with van der Waals surface area (Å²) >= 11 is 0. The van der Waals surface area contributed by atoms with E-state index in [0.29, 0.717) is 11.3 Å². The Balaban J connectivity index is 2.61. The van der Waals surface area contributed by atoms with Gasteiger partial charge in [0.2, 0.25) is 0 Å². The second-order valence-corrected chi connectivity index (χ2v) is 3.44. The van der Waals surface area contributed by atoms with E-state index in [2.05, 4.69) is 0 Å². The lowest BCUT2D eigenvalue weighted by atomic mass is 10.1. The number of ketones is 1. The van der Waals surface area contributed by atoms with E-state index in [1.165, 1.54) is 19.1 Å². The molecule has 0 heterocycles. The molecule has 0 saturated carbocycles. The van der Waals surface area contributed by atoms with Gasteiger partial charge in [0.15, 0.2) is 12.4 Å². The van der Waals surface area contributed by atoms with Crippen molar-refractivity contribution in [3.63, 3.8) is 0 Å². The monoisotopic (exact) mass is 214 g/mol. The first-order chi connectivity index (χ1) is 6.88. The lowest BCUT2D eigenvalue weighted by Crippen LogP contribution is -2.20. The molecule has 0 aliphatic heterocycles. The molecule has 1 aromatic rings. The molecule has 0 fully saturated rings. The van der Waals surface area contributed by atoms with E-state index in [9.17, 15) is 13.6 Å². The Bertz CT molecular complexity index is 339. The van der Waals surface area contributed by atoms with Crippen LogP contribution < -0.4 is 4.74 Å². The zero-order valence-corrected chi connectivity index (χ0v) is 8.59. The minimum absolute atomic E-state index is 0.0672. The van der Waals surface area contributed by atoms with Gasteiger partial charge in [-0.25, -0.2) is 8.78 Å². The first-order valence-corrected chi connectivity index (χ1v) is 4.50. The van der Waals surface area contributed by atoms with E-state index >= 15 is 0 Å². The first-order valence-electron chi connectivity index (χ1n) is 4.50. The highest BCUT2D eigenvalue weighted by molar-refractivity contribution is 5.94. The molecule has 4 heteroatoms. The highest BCUT2D eigenvalue weighted by Gasteiger charge is 2.21. The zero-order valence-electron chi connectivity index (χ0n) is 8.59. The average molecular weight is 214 g/mol. The van der Waals surface area contributed by atoms with Crippen molar-refractivity contribution >= 4 is 5.78 Å². The minimum atomic E-state index is -2.85. The van der Waals surface area contributed by atoms with Crippen LogP contribution in [-0.2, 0) is 0 Å². The Morgan fingerprint density at radius 1 is 1.33 bits per heavy atom. The molecular weight excluding hydrogens is 202 g/mol. The molecule has 0 spiro atoms. The van der Waals surface area contributed by atoms with Gasteiger partial charge in [-0.05, 0) is 31.2 Å². The Labute approximate surface area is 86.9 Å². The zero-order chi connectivity index (χ0) is 11.5. The standard InChI is InChI=1S/C11H12F2O2/c1-8(14)9-3-5-10(6-4-9)15-7-11(2,12)13/h3-6H,7H2,1-2H3. The molecule has 1 rings (SSSR count). The molecule has 0 amide bonds. The summed E-state index contributed by atoms with van der Waals surface area (Å²) in [6, 6.07) is 6.10. The quantitative estimate of drug-likeness (QED) is 0.720. The lowest BCUT2D eigenvalue weighted by molar-refractivity contribution is -0.0229. The number of halogens is 2. The van der Waals surface area contributed by atoms with Crippen LogP contribution in [0.15, 0.2) is 24.3 Å². The summed E-state index contributed by atoms with van der Waals surface area (Å²) in [5.41, 5.74) is 0.533. The summed E-state index contributed by atoms with van der Waals surface area (Å²) in [6.45, 7) is 1.57. The Hall–Kier alpha value is -1.45. The smallest absolute Gasteiger partial charge is 0.278 e. The third-order valence-electron chi connectivity index (χ3n) is 1.75.